The minimum absolute atomic E-state index is 0.156. The van der Waals surface area contributed by atoms with Crippen LogP contribution in [-0.4, -0.2) is 26.0 Å². The Morgan fingerprint density at radius 3 is 2.84 bits per heavy atom. The molecule has 2 aromatic rings. The Bertz CT molecular complexity index is 658. The minimum Gasteiger partial charge on any atom is -0.461 e. The molecule has 8 heteroatoms. The van der Waals surface area contributed by atoms with E-state index in [0.717, 1.165) is 11.3 Å². The zero-order chi connectivity index (χ0) is 13.9. The Balaban J connectivity index is 2.15. The van der Waals surface area contributed by atoms with E-state index in [1.807, 2.05) is 0 Å². The summed E-state index contributed by atoms with van der Waals surface area (Å²) in [6.45, 7) is 1.96. The zero-order valence-corrected chi connectivity index (χ0v) is 12.5. The smallest absolute Gasteiger partial charge is 0.357 e. The molecule has 0 radical (unpaired) electrons. The third kappa shape index (κ3) is 3.40. The van der Waals surface area contributed by atoms with Crippen molar-refractivity contribution < 1.29 is 17.9 Å². The minimum atomic E-state index is -3.38. The molecule has 0 N–H and O–H groups in total. The van der Waals surface area contributed by atoms with E-state index in [1.54, 1.807) is 24.4 Å². The Morgan fingerprint density at radius 1 is 1.42 bits per heavy atom. The number of rotatable bonds is 5. The average Bonchev–Trinajstić information content (AvgIpc) is 2.98. The van der Waals surface area contributed by atoms with E-state index in [2.05, 4.69) is 4.98 Å². The van der Waals surface area contributed by atoms with E-state index in [1.165, 1.54) is 16.7 Å². The number of hydrogen-bond acceptors (Lipinski definition) is 7. The Morgan fingerprint density at radius 2 is 2.21 bits per heavy atom. The zero-order valence-electron chi connectivity index (χ0n) is 10.0. The predicted octanol–water partition coefficient (Wildman–Crippen LogP) is 2.36. The van der Waals surface area contributed by atoms with Crippen LogP contribution in [0.1, 0.15) is 22.4 Å². The van der Waals surface area contributed by atoms with Crippen molar-refractivity contribution in [3.63, 3.8) is 0 Å². The summed E-state index contributed by atoms with van der Waals surface area (Å²) < 4.78 is 29.2. The number of thiophene rings is 1. The maximum atomic E-state index is 12.0. The van der Waals surface area contributed by atoms with Crippen molar-refractivity contribution >= 4 is 38.5 Å². The van der Waals surface area contributed by atoms with Crippen LogP contribution in [0, 0.1) is 0 Å². The molecule has 0 atom stereocenters. The van der Waals surface area contributed by atoms with E-state index in [-0.39, 0.29) is 18.1 Å². The van der Waals surface area contributed by atoms with Gasteiger partial charge in [-0.15, -0.1) is 22.7 Å². The normalized spacial score (nSPS) is 11.4. The lowest BCUT2D eigenvalue weighted by atomic mass is 10.5. The van der Waals surface area contributed by atoms with Gasteiger partial charge in [-0.25, -0.2) is 18.2 Å². The van der Waals surface area contributed by atoms with Gasteiger partial charge >= 0.3 is 5.97 Å². The number of carbonyl (C=O) groups is 1. The summed E-state index contributed by atoms with van der Waals surface area (Å²) in [7, 11) is -3.38. The van der Waals surface area contributed by atoms with Crippen molar-refractivity contribution in [3.05, 3.63) is 33.6 Å². The fraction of sp³-hybridized carbons (Fsp3) is 0.273. The monoisotopic (exact) mass is 317 g/mol. The van der Waals surface area contributed by atoms with Gasteiger partial charge < -0.3 is 4.74 Å². The molecule has 5 nitrogen and oxygen atoms in total. The first kappa shape index (κ1) is 14.2. The number of aromatic nitrogens is 1. The van der Waals surface area contributed by atoms with Gasteiger partial charge in [-0.2, -0.15) is 0 Å². The molecule has 0 spiro atoms. The molecule has 102 valence electrons. The SMILES string of the molecule is CCOC(=O)c1csc(CS(=O)(=O)c2cccs2)n1. The standard InChI is InChI=1S/C11H11NO4S3/c1-2-16-11(13)8-6-18-9(12-8)7-19(14,15)10-4-3-5-17-10/h3-6H,2,7H2,1H3. The van der Waals surface area contributed by atoms with Gasteiger partial charge in [0, 0.05) is 5.38 Å². The van der Waals surface area contributed by atoms with Crippen LogP contribution in [-0.2, 0) is 20.3 Å². The van der Waals surface area contributed by atoms with Gasteiger partial charge in [0.25, 0.3) is 0 Å². The van der Waals surface area contributed by atoms with Gasteiger partial charge in [0.15, 0.2) is 15.5 Å². The van der Waals surface area contributed by atoms with Gasteiger partial charge in [-0.1, -0.05) is 6.07 Å². The Labute approximate surface area is 118 Å². The highest BCUT2D eigenvalue weighted by Gasteiger charge is 2.20. The summed E-state index contributed by atoms with van der Waals surface area (Å²) in [5, 5.41) is 3.60. The van der Waals surface area contributed by atoms with Crippen molar-refractivity contribution in [2.45, 2.75) is 16.9 Å². The highest BCUT2D eigenvalue weighted by atomic mass is 32.2. The summed E-state index contributed by atoms with van der Waals surface area (Å²) in [6, 6.07) is 3.24. The molecule has 0 saturated carbocycles. The summed E-state index contributed by atoms with van der Waals surface area (Å²) in [5.74, 6) is -0.726. The number of carbonyl (C=O) groups excluding carboxylic acids is 1. The van der Waals surface area contributed by atoms with Gasteiger partial charge in [0.2, 0.25) is 0 Å². The summed E-state index contributed by atoms with van der Waals surface area (Å²) in [6.07, 6.45) is 0. The van der Waals surface area contributed by atoms with Crippen LogP contribution in [0.2, 0.25) is 0 Å². The number of sulfone groups is 1. The fourth-order valence-corrected chi connectivity index (χ4v) is 4.83. The van der Waals surface area contributed by atoms with Crippen molar-refractivity contribution in [2.24, 2.45) is 0 Å². The van der Waals surface area contributed by atoms with Crippen LogP contribution in [0.5, 0.6) is 0 Å². The van der Waals surface area contributed by atoms with Gasteiger partial charge in [0.1, 0.15) is 15.0 Å². The predicted molar refractivity (Wildman–Crippen MR) is 73.3 cm³/mol. The van der Waals surface area contributed by atoms with Gasteiger partial charge in [0.05, 0.1) is 6.61 Å². The lowest BCUT2D eigenvalue weighted by Gasteiger charge is -1.98. The molecule has 2 rings (SSSR count). The first-order valence-corrected chi connectivity index (χ1v) is 8.82. The summed E-state index contributed by atoms with van der Waals surface area (Å²) >= 11 is 2.31. The van der Waals surface area contributed by atoms with Crippen molar-refractivity contribution in [3.8, 4) is 0 Å². The number of thiazole rings is 1. The van der Waals surface area contributed by atoms with E-state index in [9.17, 15) is 13.2 Å². The molecule has 0 amide bonds. The first-order valence-electron chi connectivity index (χ1n) is 5.40. The average molecular weight is 317 g/mol. The number of nitrogens with zero attached hydrogens (tertiary/aromatic N) is 1. The van der Waals surface area contributed by atoms with Crippen molar-refractivity contribution in [1.29, 1.82) is 0 Å². The van der Waals surface area contributed by atoms with Crippen molar-refractivity contribution in [2.75, 3.05) is 6.61 Å². The molecule has 2 heterocycles. The fourth-order valence-electron chi connectivity index (χ4n) is 1.35. The van der Waals surface area contributed by atoms with Crippen LogP contribution < -0.4 is 0 Å². The van der Waals surface area contributed by atoms with Crippen LogP contribution >= 0.6 is 22.7 Å². The van der Waals surface area contributed by atoms with E-state index >= 15 is 0 Å². The van der Waals surface area contributed by atoms with Crippen LogP contribution in [0.4, 0.5) is 0 Å². The largest absolute Gasteiger partial charge is 0.461 e. The second kappa shape index (κ2) is 5.81. The molecule has 19 heavy (non-hydrogen) atoms. The quantitative estimate of drug-likeness (QED) is 0.792. The molecule has 2 aromatic heterocycles. The molecule has 0 aromatic carbocycles. The molecule has 0 bridgehead atoms. The molecular weight excluding hydrogens is 306 g/mol. The van der Waals surface area contributed by atoms with E-state index in [0.29, 0.717) is 9.22 Å². The molecule has 0 aliphatic heterocycles. The Hall–Kier alpha value is -1.25. The highest BCUT2D eigenvalue weighted by molar-refractivity contribution is 7.92. The number of hydrogen-bond donors (Lipinski definition) is 0. The second-order valence-corrected chi connectivity index (χ2v) is 7.64. The van der Waals surface area contributed by atoms with Crippen LogP contribution in [0.3, 0.4) is 0 Å². The molecule has 0 aliphatic carbocycles. The third-order valence-corrected chi connectivity index (χ3v) is 6.30. The number of esters is 1. The molecule has 0 unspecified atom stereocenters. The van der Waals surface area contributed by atoms with Crippen LogP contribution in [0.15, 0.2) is 27.1 Å². The third-order valence-electron chi connectivity index (χ3n) is 2.15. The molecular formula is C11H11NO4S3. The topological polar surface area (TPSA) is 73.3 Å². The van der Waals surface area contributed by atoms with Crippen LogP contribution in [0.25, 0.3) is 0 Å². The molecule has 0 saturated heterocycles. The maximum Gasteiger partial charge on any atom is 0.357 e. The second-order valence-electron chi connectivity index (χ2n) is 3.54. The molecule has 0 aliphatic rings. The van der Waals surface area contributed by atoms with E-state index in [4.69, 9.17) is 4.74 Å². The van der Waals surface area contributed by atoms with E-state index < -0.39 is 15.8 Å². The highest BCUT2D eigenvalue weighted by Crippen LogP contribution is 2.22. The van der Waals surface area contributed by atoms with Gasteiger partial charge in [-0.3, -0.25) is 0 Å². The van der Waals surface area contributed by atoms with Gasteiger partial charge in [-0.05, 0) is 18.4 Å². The first-order chi connectivity index (χ1) is 9.03. The number of ether oxygens (including phenoxy) is 1. The Kier molecular flexibility index (Phi) is 4.33. The molecule has 0 fully saturated rings. The summed E-state index contributed by atoms with van der Waals surface area (Å²) in [4.78, 5) is 15.4. The van der Waals surface area contributed by atoms with Crippen molar-refractivity contribution in [1.82, 2.24) is 4.98 Å². The lowest BCUT2D eigenvalue weighted by molar-refractivity contribution is 0.0520. The lowest BCUT2D eigenvalue weighted by Crippen LogP contribution is -2.06. The maximum absolute atomic E-state index is 12.0. The summed E-state index contributed by atoms with van der Waals surface area (Å²) in [5.41, 5.74) is 0.156.